The Morgan fingerprint density at radius 1 is 1.28 bits per heavy atom. The summed E-state index contributed by atoms with van der Waals surface area (Å²) in [5, 5.41) is 3.12. The van der Waals surface area contributed by atoms with Crippen LogP contribution in [0.3, 0.4) is 0 Å². The number of aliphatic imine (C=N–C) groups is 1. The molecule has 3 N–H and O–H groups in total. The first-order chi connectivity index (χ1) is 12.3. The van der Waals surface area contributed by atoms with E-state index in [4.69, 9.17) is 15.2 Å². The minimum Gasteiger partial charge on any atom is -0.487 e. The average Bonchev–Trinajstić information content (AvgIpc) is 3.18. The zero-order chi connectivity index (χ0) is 17.3. The highest BCUT2D eigenvalue weighted by Crippen LogP contribution is 2.14. The standard InChI is InChI=1S/C19H24N4O2/c20-19(23-13-18-5-3-11-24-18)22-12-15-6-8-17(9-7-15)25-14-16-4-1-2-10-21-16/h1-2,4,6-10,18H,3,5,11-14H2,(H3,20,22,23)/t18-/m1/s1. The number of ether oxygens (including phenoxy) is 2. The number of hydrogen-bond donors (Lipinski definition) is 2. The minimum atomic E-state index is 0.254. The molecule has 2 heterocycles. The summed E-state index contributed by atoms with van der Waals surface area (Å²) in [6, 6.07) is 13.6. The van der Waals surface area contributed by atoms with Gasteiger partial charge in [-0.25, -0.2) is 4.99 Å². The van der Waals surface area contributed by atoms with E-state index in [0.29, 0.717) is 19.1 Å². The molecule has 0 unspecified atom stereocenters. The van der Waals surface area contributed by atoms with Crippen molar-refractivity contribution in [2.45, 2.75) is 32.1 Å². The number of guanidine groups is 1. The van der Waals surface area contributed by atoms with E-state index in [0.717, 1.165) is 43.0 Å². The average molecular weight is 340 g/mol. The number of aromatic nitrogens is 1. The molecule has 25 heavy (non-hydrogen) atoms. The van der Waals surface area contributed by atoms with Crippen molar-refractivity contribution in [1.82, 2.24) is 10.3 Å². The van der Waals surface area contributed by atoms with E-state index < -0.39 is 0 Å². The maximum atomic E-state index is 5.89. The molecule has 3 rings (SSSR count). The van der Waals surface area contributed by atoms with E-state index in [1.165, 1.54) is 0 Å². The van der Waals surface area contributed by atoms with Gasteiger partial charge in [-0.1, -0.05) is 18.2 Å². The van der Waals surface area contributed by atoms with Crippen LogP contribution in [0.4, 0.5) is 0 Å². The summed E-state index contributed by atoms with van der Waals surface area (Å²) in [5.74, 6) is 1.26. The van der Waals surface area contributed by atoms with Crippen LogP contribution < -0.4 is 15.8 Å². The molecular weight excluding hydrogens is 316 g/mol. The number of nitrogens with two attached hydrogens (primary N) is 1. The van der Waals surface area contributed by atoms with Gasteiger partial charge in [-0.3, -0.25) is 4.98 Å². The minimum absolute atomic E-state index is 0.254. The molecule has 132 valence electrons. The maximum Gasteiger partial charge on any atom is 0.189 e. The maximum absolute atomic E-state index is 5.89. The summed E-state index contributed by atoms with van der Waals surface area (Å²) in [5.41, 5.74) is 7.87. The number of pyridine rings is 1. The van der Waals surface area contributed by atoms with Crippen molar-refractivity contribution in [3.63, 3.8) is 0 Å². The van der Waals surface area contributed by atoms with Crippen LogP contribution in [-0.2, 0) is 17.9 Å². The first-order valence-electron chi connectivity index (χ1n) is 8.56. The topological polar surface area (TPSA) is 81.8 Å². The highest BCUT2D eigenvalue weighted by Gasteiger charge is 2.14. The predicted octanol–water partition coefficient (Wildman–Crippen LogP) is 2.24. The molecule has 6 heteroatoms. The zero-order valence-electron chi connectivity index (χ0n) is 14.2. The Labute approximate surface area is 148 Å². The molecule has 1 saturated heterocycles. The van der Waals surface area contributed by atoms with Crippen molar-refractivity contribution in [3.05, 3.63) is 59.9 Å². The van der Waals surface area contributed by atoms with Crippen molar-refractivity contribution >= 4 is 5.96 Å². The molecule has 0 spiro atoms. The predicted molar refractivity (Wildman–Crippen MR) is 97.3 cm³/mol. The number of nitrogens with zero attached hydrogens (tertiary/aromatic N) is 2. The Morgan fingerprint density at radius 2 is 2.16 bits per heavy atom. The molecule has 0 aliphatic carbocycles. The van der Waals surface area contributed by atoms with Crippen LogP contribution in [0, 0.1) is 0 Å². The summed E-state index contributed by atoms with van der Waals surface area (Å²) in [6.45, 7) is 2.55. The molecule has 1 aliphatic rings. The van der Waals surface area contributed by atoms with Gasteiger partial charge < -0.3 is 20.5 Å². The molecule has 0 saturated carbocycles. The summed E-state index contributed by atoms with van der Waals surface area (Å²) in [4.78, 5) is 8.59. The van der Waals surface area contributed by atoms with Crippen molar-refractivity contribution in [3.8, 4) is 5.75 Å². The summed E-state index contributed by atoms with van der Waals surface area (Å²) < 4.78 is 11.3. The Balaban J connectivity index is 1.42. The van der Waals surface area contributed by atoms with Gasteiger partial charge in [0.25, 0.3) is 0 Å². The fourth-order valence-electron chi connectivity index (χ4n) is 2.59. The second-order valence-electron chi connectivity index (χ2n) is 5.97. The fourth-order valence-corrected chi connectivity index (χ4v) is 2.59. The Hall–Kier alpha value is -2.60. The van der Waals surface area contributed by atoms with Crippen molar-refractivity contribution in [2.75, 3.05) is 13.2 Å². The van der Waals surface area contributed by atoms with E-state index in [1.807, 2.05) is 42.5 Å². The fraction of sp³-hybridized carbons (Fsp3) is 0.368. The molecule has 1 aromatic carbocycles. The Bertz CT molecular complexity index is 668. The van der Waals surface area contributed by atoms with Crippen LogP contribution in [0.2, 0.25) is 0 Å². The number of nitrogens with one attached hydrogen (secondary N) is 1. The van der Waals surface area contributed by atoms with Gasteiger partial charge in [0.05, 0.1) is 18.3 Å². The normalized spacial score (nSPS) is 17.4. The Morgan fingerprint density at radius 3 is 2.88 bits per heavy atom. The Kier molecular flexibility index (Phi) is 6.23. The van der Waals surface area contributed by atoms with Crippen LogP contribution in [0.1, 0.15) is 24.1 Å². The quantitative estimate of drug-likeness (QED) is 0.597. The molecule has 0 amide bonds. The summed E-state index contributed by atoms with van der Waals surface area (Å²) in [7, 11) is 0. The van der Waals surface area contributed by atoms with Gasteiger partial charge in [0, 0.05) is 19.3 Å². The molecule has 2 aromatic rings. The number of hydrogen-bond acceptors (Lipinski definition) is 4. The zero-order valence-corrected chi connectivity index (χ0v) is 14.2. The van der Waals surface area contributed by atoms with Crippen LogP contribution in [-0.4, -0.2) is 30.2 Å². The molecule has 0 radical (unpaired) electrons. The third kappa shape index (κ3) is 5.76. The summed E-state index contributed by atoms with van der Waals surface area (Å²) in [6.07, 6.45) is 4.22. The monoisotopic (exact) mass is 340 g/mol. The largest absolute Gasteiger partial charge is 0.487 e. The lowest BCUT2D eigenvalue weighted by molar-refractivity contribution is 0.114. The first-order valence-corrected chi connectivity index (χ1v) is 8.56. The number of rotatable bonds is 7. The highest BCUT2D eigenvalue weighted by molar-refractivity contribution is 5.77. The molecular formula is C19H24N4O2. The highest BCUT2D eigenvalue weighted by atomic mass is 16.5. The lowest BCUT2D eigenvalue weighted by Gasteiger charge is -2.11. The molecule has 1 aromatic heterocycles. The SMILES string of the molecule is NC(=NCc1ccc(OCc2ccccn2)cc1)NC[C@H]1CCCO1. The van der Waals surface area contributed by atoms with E-state index in [9.17, 15) is 0 Å². The van der Waals surface area contributed by atoms with Crippen LogP contribution in [0.15, 0.2) is 53.7 Å². The summed E-state index contributed by atoms with van der Waals surface area (Å²) >= 11 is 0. The van der Waals surface area contributed by atoms with E-state index in [2.05, 4.69) is 15.3 Å². The molecule has 1 fully saturated rings. The second kappa shape index (κ2) is 9.03. The van der Waals surface area contributed by atoms with E-state index in [-0.39, 0.29) is 6.10 Å². The van der Waals surface area contributed by atoms with E-state index >= 15 is 0 Å². The lowest BCUT2D eigenvalue weighted by Crippen LogP contribution is -2.37. The van der Waals surface area contributed by atoms with Crippen LogP contribution in [0.5, 0.6) is 5.75 Å². The molecule has 1 atom stereocenters. The van der Waals surface area contributed by atoms with Gasteiger partial charge in [0.15, 0.2) is 5.96 Å². The third-order valence-corrected chi connectivity index (χ3v) is 4.00. The third-order valence-electron chi connectivity index (χ3n) is 4.00. The second-order valence-corrected chi connectivity index (χ2v) is 5.97. The van der Waals surface area contributed by atoms with Gasteiger partial charge in [-0.05, 0) is 42.7 Å². The van der Waals surface area contributed by atoms with E-state index in [1.54, 1.807) is 6.20 Å². The van der Waals surface area contributed by atoms with Gasteiger partial charge in [0.1, 0.15) is 12.4 Å². The molecule has 1 aliphatic heterocycles. The van der Waals surface area contributed by atoms with Gasteiger partial charge in [0.2, 0.25) is 0 Å². The van der Waals surface area contributed by atoms with Crippen molar-refractivity contribution in [2.24, 2.45) is 10.7 Å². The van der Waals surface area contributed by atoms with Crippen LogP contribution >= 0.6 is 0 Å². The van der Waals surface area contributed by atoms with Crippen molar-refractivity contribution < 1.29 is 9.47 Å². The van der Waals surface area contributed by atoms with Gasteiger partial charge in [-0.2, -0.15) is 0 Å². The lowest BCUT2D eigenvalue weighted by atomic mass is 10.2. The van der Waals surface area contributed by atoms with Gasteiger partial charge >= 0.3 is 0 Å². The molecule has 6 nitrogen and oxygen atoms in total. The van der Waals surface area contributed by atoms with Crippen molar-refractivity contribution in [1.29, 1.82) is 0 Å². The van der Waals surface area contributed by atoms with Gasteiger partial charge in [-0.15, -0.1) is 0 Å². The molecule has 0 bridgehead atoms. The first kappa shape index (κ1) is 17.2. The number of benzene rings is 1. The smallest absolute Gasteiger partial charge is 0.189 e. The van der Waals surface area contributed by atoms with Crippen LogP contribution in [0.25, 0.3) is 0 Å².